The molecule has 5 N–H and O–H groups in total. The molecule has 0 bridgehead atoms. The number of methoxy groups -OCH3 is 1. The molecule has 35 heavy (non-hydrogen) atoms. The van der Waals surface area contributed by atoms with Gasteiger partial charge in [0.25, 0.3) is 0 Å². The van der Waals surface area contributed by atoms with Gasteiger partial charge in [0.05, 0.1) is 13.5 Å². The van der Waals surface area contributed by atoms with Crippen LogP contribution in [0.15, 0.2) is 30.3 Å². The topological polar surface area (TPSA) is 166 Å². The first kappa shape index (κ1) is 29.4. The summed E-state index contributed by atoms with van der Waals surface area (Å²) in [5.41, 5.74) is 6.04. The molecule has 0 radical (unpaired) electrons. The number of carbonyl (C=O) groups is 5. The highest BCUT2D eigenvalue weighted by Gasteiger charge is 2.32. The average Bonchev–Trinajstić information content (AvgIpc) is 2.79. The number of carbonyl (C=O) groups excluding carboxylic acids is 5. The number of esters is 1. The molecule has 0 fully saturated rings. The van der Waals surface area contributed by atoms with Crippen molar-refractivity contribution in [1.29, 1.82) is 0 Å². The van der Waals surface area contributed by atoms with E-state index >= 15 is 0 Å². The number of hydrogen-bond acceptors (Lipinski definition) is 7. The van der Waals surface area contributed by atoms with Crippen molar-refractivity contribution >= 4 is 29.8 Å². The molecule has 3 atom stereocenters. The summed E-state index contributed by atoms with van der Waals surface area (Å²) in [6, 6.07) is 5.62. The Morgan fingerprint density at radius 3 is 2.00 bits per heavy atom. The maximum absolute atomic E-state index is 12.9. The van der Waals surface area contributed by atoms with Crippen LogP contribution in [-0.4, -0.2) is 55.0 Å². The molecule has 11 heteroatoms. The van der Waals surface area contributed by atoms with Crippen LogP contribution < -0.4 is 21.7 Å². The van der Waals surface area contributed by atoms with Crippen molar-refractivity contribution in [3.05, 3.63) is 35.9 Å². The second kappa shape index (κ2) is 14.6. The van der Waals surface area contributed by atoms with Crippen LogP contribution in [0.3, 0.4) is 0 Å². The summed E-state index contributed by atoms with van der Waals surface area (Å²) in [4.78, 5) is 61.7. The maximum Gasteiger partial charge on any atom is 0.408 e. The summed E-state index contributed by atoms with van der Waals surface area (Å²) in [7, 11) is 1.19. The second-order valence-electron chi connectivity index (χ2n) is 8.87. The van der Waals surface area contributed by atoms with Gasteiger partial charge in [-0.2, -0.15) is 0 Å². The molecule has 0 aliphatic heterocycles. The summed E-state index contributed by atoms with van der Waals surface area (Å²) in [5.74, 6) is -3.29. The van der Waals surface area contributed by atoms with Crippen molar-refractivity contribution < 1.29 is 33.4 Å². The third-order valence-electron chi connectivity index (χ3n) is 4.98. The van der Waals surface area contributed by atoms with Crippen LogP contribution in [0.1, 0.15) is 46.1 Å². The Labute approximate surface area is 205 Å². The molecule has 1 aromatic carbocycles. The third-order valence-corrected chi connectivity index (χ3v) is 4.98. The van der Waals surface area contributed by atoms with Gasteiger partial charge in [-0.1, -0.05) is 58.0 Å². The number of nitrogens with two attached hydrogens (primary N) is 1. The normalized spacial score (nSPS) is 13.3. The van der Waals surface area contributed by atoms with Gasteiger partial charge >= 0.3 is 12.1 Å². The molecule has 0 aliphatic carbocycles. The van der Waals surface area contributed by atoms with Crippen molar-refractivity contribution in [2.24, 2.45) is 17.6 Å². The maximum atomic E-state index is 12.9. The largest absolute Gasteiger partial charge is 0.467 e. The molecule has 4 amide bonds. The lowest BCUT2D eigenvalue weighted by atomic mass is 10.0. The first-order chi connectivity index (χ1) is 16.4. The van der Waals surface area contributed by atoms with E-state index in [9.17, 15) is 24.0 Å². The molecule has 0 spiro atoms. The molecule has 0 heterocycles. The summed E-state index contributed by atoms with van der Waals surface area (Å²) in [6.45, 7) is 7.12. The first-order valence-corrected chi connectivity index (χ1v) is 11.4. The Morgan fingerprint density at radius 1 is 0.886 bits per heavy atom. The highest BCUT2D eigenvalue weighted by Crippen LogP contribution is 2.09. The zero-order valence-electron chi connectivity index (χ0n) is 20.8. The Bertz CT molecular complexity index is 874. The highest BCUT2D eigenvalue weighted by molar-refractivity contribution is 5.95. The SMILES string of the molecule is COC(=O)C(CC(C)C)NC(=O)C(CC(N)=O)NC(=O)C(NC(=O)OCc1ccccc1)C(C)C. The lowest BCUT2D eigenvalue weighted by molar-refractivity contribution is -0.146. The molecule has 3 unspecified atom stereocenters. The summed E-state index contributed by atoms with van der Waals surface area (Å²) >= 11 is 0. The fourth-order valence-electron chi connectivity index (χ4n) is 3.20. The predicted octanol–water partition coefficient (Wildman–Crippen LogP) is 1.00. The van der Waals surface area contributed by atoms with Crippen LogP contribution in [0.25, 0.3) is 0 Å². The van der Waals surface area contributed by atoms with E-state index in [0.29, 0.717) is 6.42 Å². The minimum atomic E-state index is -1.36. The number of alkyl carbamates (subject to hydrolysis) is 1. The zero-order valence-corrected chi connectivity index (χ0v) is 20.8. The van der Waals surface area contributed by atoms with Crippen LogP contribution in [0.2, 0.25) is 0 Å². The standard InChI is InChI=1S/C24H36N4O7/c1-14(2)11-18(23(32)34-5)27-21(30)17(12-19(25)29)26-22(31)20(15(3)4)28-24(33)35-13-16-9-7-6-8-10-16/h6-10,14-15,17-18,20H,11-13H2,1-5H3,(H2,25,29)(H,26,31)(H,27,30)(H,28,33). The van der Waals surface area contributed by atoms with Gasteiger partial charge in [0.15, 0.2) is 0 Å². The van der Waals surface area contributed by atoms with Crippen molar-refractivity contribution in [2.45, 2.75) is 65.3 Å². The molecule has 0 saturated carbocycles. The predicted molar refractivity (Wildman–Crippen MR) is 128 cm³/mol. The minimum absolute atomic E-state index is 0.0105. The van der Waals surface area contributed by atoms with Crippen molar-refractivity contribution in [3.63, 3.8) is 0 Å². The van der Waals surface area contributed by atoms with Crippen molar-refractivity contribution in [2.75, 3.05) is 7.11 Å². The van der Waals surface area contributed by atoms with E-state index < -0.39 is 54.3 Å². The van der Waals surface area contributed by atoms with Crippen LogP contribution in [0.4, 0.5) is 4.79 Å². The monoisotopic (exact) mass is 492 g/mol. The smallest absolute Gasteiger partial charge is 0.408 e. The Balaban J connectivity index is 2.88. The van der Waals surface area contributed by atoms with Gasteiger partial charge in [-0.3, -0.25) is 14.4 Å². The second-order valence-corrected chi connectivity index (χ2v) is 8.87. The lowest BCUT2D eigenvalue weighted by Crippen LogP contribution is -2.57. The molecule has 0 saturated heterocycles. The summed E-state index contributed by atoms with van der Waals surface area (Å²) in [6.07, 6.45) is -1.03. The molecule has 0 aliphatic rings. The van der Waals surface area contributed by atoms with E-state index in [1.165, 1.54) is 7.11 Å². The van der Waals surface area contributed by atoms with E-state index in [-0.39, 0.29) is 18.4 Å². The molecular formula is C24H36N4O7. The fourth-order valence-corrected chi connectivity index (χ4v) is 3.20. The van der Waals surface area contributed by atoms with Crippen LogP contribution in [0, 0.1) is 11.8 Å². The first-order valence-electron chi connectivity index (χ1n) is 11.4. The van der Waals surface area contributed by atoms with Crippen molar-refractivity contribution in [1.82, 2.24) is 16.0 Å². The van der Waals surface area contributed by atoms with Gasteiger partial charge in [-0.05, 0) is 23.8 Å². The lowest BCUT2D eigenvalue weighted by Gasteiger charge is -2.26. The van der Waals surface area contributed by atoms with Gasteiger partial charge in [0.2, 0.25) is 17.7 Å². The summed E-state index contributed by atoms with van der Waals surface area (Å²) < 4.78 is 9.90. The highest BCUT2D eigenvalue weighted by atomic mass is 16.5. The van der Waals surface area contributed by atoms with Gasteiger partial charge in [0.1, 0.15) is 24.7 Å². The third kappa shape index (κ3) is 10.9. The van der Waals surface area contributed by atoms with E-state index in [4.69, 9.17) is 15.2 Å². The van der Waals surface area contributed by atoms with Crippen LogP contribution in [0.5, 0.6) is 0 Å². The fraction of sp³-hybridized carbons (Fsp3) is 0.542. The molecule has 0 aromatic heterocycles. The van der Waals surface area contributed by atoms with E-state index in [2.05, 4.69) is 16.0 Å². The van der Waals surface area contributed by atoms with Gasteiger partial charge in [-0.15, -0.1) is 0 Å². The quantitative estimate of drug-likeness (QED) is 0.298. The molecule has 1 rings (SSSR count). The Morgan fingerprint density at radius 2 is 1.49 bits per heavy atom. The molecule has 11 nitrogen and oxygen atoms in total. The Kier molecular flexibility index (Phi) is 12.3. The van der Waals surface area contributed by atoms with Gasteiger partial charge in [0, 0.05) is 0 Å². The molecule has 1 aromatic rings. The summed E-state index contributed by atoms with van der Waals surface area (Å²) in [5, 5.41) is 7.44. The van der Waals surface area contributed by atoms with E-state index in [1.54, 1.807) is 38.1 Å². The number of nitrogens with one attached hydrogen (secondary N) is 3. The van der Waals surface area contributed by atoms with Crippen LogP contribution in [-0.2, 0) is 35.3 Å². The number of hydrogen-bond donors (Lipinski definition) is 4. The van der Waals surface area contributed by atoms with Crippen molar-refractivity contribution in [3.8, 4) is 0 Å². The van der Waals surface area contributed by atoms with Gasteiger partial charge in [-0.25, -0.2) is 9.59 Å². The number of ether oxygens (including phenoxy) is 2. The molecular weight excluding hydrogens is 456 g/mol. The number of amides is 4. The van der Waals surface area contributed by atoms with E-state index in [1.807, 2.05) is 19.9 Å². The van der Waals surface area contributed by atoms with Gasteiger partial charge < -0.3 is 31.2 Å². The van der Waals surface area contributed by atoms with Crippen LogP contribution >= 0.6 is 0 Å². The Hall–Kier alpha value is -3.63. The zero-order chi connectivity index (χ0) is 26.5. The van der Waals surface area contributed by atoms with E-state index in [0.717, 1.165) is 5.56 Å². The number of benzene rings is 1. The number of rotatable bonds is 13. The minimum Gasteiger partial charge on any atom is -0.467 e. The average molecular weight is 493 g/mol. The number of primary amides is 1. The molecule has 194 valence electrons.